The van der Waals surface area contributed by atoms with Gasteiger partial charge in [0, 0.05) is 81.4 Å². The van der Waals surface area contributed by atoms with E-state index in [0.29, 0.717) is 0 Å². The number of rotatable bonds is 4. The van der Waals surface area contributed by atoms with Crippen molar-refractivity contribution in [3.8, 4) is 11.3 Å². The first-order valence-electron chi connectivity index (χ1n) is 9.31. The van der Waals surface area contributed by atoms with Gasteiger partial charge in [-0.1, -0.05) is 12.1 Å². The molecule has 4 rings (SSSR count). The minimum atomic E-state index is 0.898. The van der Waals surface area contributed by atoms with Gasteiger partial charge in [-0.2, -0.15) is 0 Å². The zero-order valence-electron chi connectivity index (χ0n) is 15.9. The lowest BCUT2D eigenvalue weighted by molar-refractivity contribution is 0.271. The first-order chi connectivity index (χ1) is 13.2. The largest absolute Gasteiger partial charge is 0.383 e. The van der Waals surface area contributed by atoms with Crippen molar-refractivity contribution in [3.63, 3.8) is 0 Å². The number of benzene rings is 1. The van der Waals surface area contributed by atoms with Crippen LogP contribution in [0, 0.1) is 0 Å². The molecule has 0 amide bonds. The van der Waals surface area contributed by atoms with Gasteiger partial charge in [0.2, 0.25) is 0 Å². The predicted molar refractivity (Wildman–Crippen MR) is 111 cm³/mol. The van der Waals surface area contributed by atoms with Gasteiger partial charge in [0.15, 0.2) is 0 Å². The molecule has 0 atom stereocenters. The van der Waals surface area contributed by atoms with E-state index in [-0.39, 0.29) is 0 Å². The maximum Gasteiger partial charge on any atom is 0.0723 e. The maximum atomic E-state index is 4.75. The first-order valence-corrected chi connectivity index (χ1v) is 9.31. The second-order valence-electron chi connectivity index (χ2n) is 7.16. The number of fused-ring (bicyclic) bond motifs is 1. The highest BCUT2D eigenvalue weighted by atomic mass is 15.2. The number of pyridine rings is 2. The lowest BCUT2D eigenvalue weighted by Crippen LogP contribution is -2.25. The molecule has 3 aromatic rings. The van der Waals surface area contributed by atoms with Crippen LogP contribution in [0.15, 0.2) is 61.1 Å². The molecule has 1 aromatic carbocycles. The first kappa shape index (κ1) is 17.5. The van der Waals surface area contributed by atoms with E-state index in [0.717, 1.165) is 37.4 Å². The van der Waals surface area contributed by atoms with E-state index in [1.807, 2.05) is 18.6 Å². The smallest absolute Gasteiger partial charge is 0.0723 e. The Morgan fingerprint density at radius 2 is 1.96 bits per heavy atom. The molecule has 1 aliphatic heterocycles. The molecule has 0 radical (unpaired) electrons. The van der Waals surface area contributed by atoms with E-state index >= 15 is 0 Å². The molecule has 1 aliphatic rings. The molecule has 0 saturated carbocycles. The summed E-state index contributed by atoms with van der Waals surface area (Å²) in [5.41, 5.74) is 7.05. The summed E-state index contributed by atoms with van der Waals surface area (Å²) in [5, 5.41) is 3.58. The SMILES string of the molecule is CN(C)c1cccc(-c2cc3c(cn2)CN(Cc2ccncc2)CCN3)c1. The molecular weight excluding hydrogens is 334 g/mol. The fourth-order valence-corrected chi connectivity index (χ4v) is 3.43. The molecule has 3 heterocycles. The van der Waals surface area contributed by atoms with Gasteiger partial charge in [0.25, 0.3) is 0 Å². The van der Waals surface area contributed by atoms with Gasteiger partial charge in [0.1, 0.15) is 0 Å². The van der Waals surface area contributed by atoms with Gasteiger partial charge in [-0.15, -0.1) is 0 Å². The van der Waals surface area contributed by atoms with E-state index in [2.05, 4.69) is 76.7 Å². The van der Waals surface area contributed by atoms with Crippen LogP contribution in [0.2, 0.25) is 0 Å². The van der Waals surface area contributed by atoms with Crippen molar-refractivity contribution in [2.24, 2.45) is 0 Å². The van der Waals surface area contributed by atoms with Crippen molar-refractivity contribution in [3.05, 3.63) is 72.2 Å². The lowest BCUT2D eigenvalue weighted by Gasteiger charge is -2.19. The zero-order chi connectivity index (χ0) is 18.6. The molecule has 0 aliphatic carbocycles. The highest BCUT2D eigenvalue weighted by molar-refractivity contribution is 5.69. The van der Waals surface area contributed by atoms with E-state index in [9.17, 15) is 0 Å². The Morgan fingerprint density at radius 3 is 2.78 bits per heavy atom. The number of hydrogen-bond donors (Lipinski definition) is 1. The molecule has 0 fully saturated rings. The van der Waals surface area contributed by atoms with Crippen LogP contribution < -0.4 is 10.2 Å². The van der Waals surface area contributed by atoms with Crippen LogP contribution >= 0.6 is 0 Å². The van der Waals surface area contributed by atoms with Gasteiger partial charge in [-0.05, 0) is 35.9 Å². The second kappa shape index (κ2) is 7.76. The van der Waals surface area contributed by atoms with Crippen molar-refractivity contribution in [1.82, 2.24) is 14.9 Å². The Balaban J connectivity index is 1.56. The highest BCUT2D eigenvalue weighted by Gasteiger charge is 2.16. The van der Waals surface area contributed by atoms with Crippen molar-refractivity contribution < 1.29 is 0 Å². The molecule has 5 heteroatoms. The van der Waals surface area contributed by atoms with Gasteiger partial charge in [-0.25, -0.2) is 0 Å². The van der Waals surface area contributed by atoms with Crippen LogP contribution in [-0.2, 0) is 13.1 Å². The summed E-state index contributed by atoms with van der Waals surface area (Å²) in [7, 11) is 4.12. The summed E-state index contributed by atoms with van der Waals surface area (Å²) < 4.78 is 0. The topological polar surface area (TPSA) is 44.3 Å². The Morgan fingerprint density at radius 1 is 1.11 bits per heavy atom. The number of anilines is 2. The summed E-state index contributed by atoms with van der Waals surface area (Å²) in [4.78, 5) is 13.4. The average molecular weight is 359 g/mol. The molecule has 5 nitrogen and oxygen atoms in total. The van der Waals surface area contributed by atoms with Crippen LogP contribution in [0.5, 0.6) is 0 Å². The van der Waals surface area contributed by atoms with Gasteiger partial charge < -0.3 is 10.2 Å². The van der Waals surface area contributed by atoms with Crippen LogP contribution in [-0.4, -0.2) is 42.1 Å². The van der Waals surface area contributed by atoms with E-state index in [1.165, 1.54) is 22.5 Å². The Kier molecular flexibility index (Phi) is 5.03. The fraction of sp³-hybridized carbons (Fsp3) is 0.273. The molecule has 27 heavy (non-hydrogen) atoms. The van der Waals surface area contributed by atoms with Crippen molar-refractivity contribution in [1.29, 1.82) is 0 Å². The van der Waals surface area contributed by atoms with E-state index in [4.69, 9.17) is 4.98 Å². The fourth-order valence-electron chi connectivity index (χ4n) is 3.43. The Labute approximate surface area is 160 Å². The maximum absolute atomic E-state index is 4.75. The summed E-state index contributed by atoms with van der Waals surface area (Å²) in [5.74, 6) is 0. The standard InChI is InChI=1S/C22H25N5/c1-26(2)20-5-3-4-18(12-20)21-13-22-19(14-25-21)16-27(11-10-24-22)15-17-6-8-23-9-7-17/h3-9,12-14,24H,10-11,15-16H2,1-2H3. The molecule has 138 valence electrons. The quantitative estimate of drug-likeness (QED) is 0.770. The minimum Gasteiger partial charge on any atom is -0.383 e. The lowest BCUT2D eigenvalue weighted by atomic mass is 10.1. The normalized spacial score (nSPS) is 14.1. The predicted octanol–water partition coefficient (Wildman–Crippen LogP) is 3.64. The van der Waals surface area contributed by atoms with E-state index < -0.39 is 0 Å². The Bertz CT molecular complexity index is 908. The molecule has 2 aromatic heterocycles. The third-order valence-corrected chi connectivity index (χ3v) is 4.94. The summed E-state index contributed by atoms with van der Waals surface area (Å²) in [6.07, 6.45) is 5.73. The monoisotopic (exact) mass is 359 g/mol. The number of aromatic nitrogens is 2. The molecule has 0 bridgehead atoms. The molecule has 0 spiro atoms. The zero-order valence-corrected chi connectivity index (χ0v) is 15.9. The van der Waals surface area contributed by atoms with Gasteiger partial charge in [-0.3, -0.25) is 14.9 Å². The summed E-state index contributed by atoms with van der Waals surface area (Å²) >= 11 is 0. The third-order valence-electron chi connectivity index (χ3n) is 4.94. The van der Waals surface area contributed by atoms with Crippen molar-refractivity contribution >= 4 is 11.4 Å². The van der Waals surface area contributed by atoms with Crippen LogP contribution in [0.1, 0.15) is 11.1 Å². The average Bonchev–Trinajstić information content (AvgIpc) is 2.90. The third kappa shape index (κ3) is 4.09. The Hall–Kier alpha value is -2.92. The molecule has 0 unspecified atom stereocenters. The van der Waals surface area contributed by atoms with Crippen LogP contribution in [0.25, 0.3) is 11.3 Å². The molecule has 1 N–H and O–H groups in total. The van der Waals surface area contributed by atoms with Crippen LogP contribution in [0.3, 0.4) is 0 Å². The van der Waals surface area contributed by atoms with Crippen molar-refractivity contribution in [2.75, 3.05) is 37.4 Å². The second-order valence-corrected chi connectivity index (χ2v) is 7.16. The van der Waals surface area contributed by atoms with Gasteiger partial charge >= 0.3 is 0 Å². The molecule has 0 saturated heterocycles. The van der Waals surface area contributed by atoms with Gasteiger partial charge in [0.05, 0.1) is 5.69 Å². The van der Waals surface area contributed by atoms with E-state index in [1.54, 1.807) is 0 Å². The number of nitrogens with one attached hydrogen (secondary N) is 1. The van der Waals surface area contributed by atoms with Crippen LogP contribution in [0.4, 0.5) is 11.4 Å². The minimum absolute atomic E-state index is 0.898. The molecular formula is C22H25N5. The van der Waals surface area contributed by atoms with Crippen molar-refractivity contribution in [2.45, 2.75) is 13.1 Å². The summed E-state index contributed by atoms with van der Waals surface area (Å²) in [6.45, 7) is 3.76. The number of nitrogens with zero attached hydrogens (tertiary/aromatic N) is 4. The highest BCUT2D eigenvalue weighted by Crippen LogP contribution is 2.28. The summed E-state index contributed by atoms with van der Waals surface area (Å²) in [6, 6.07) is 14.8. The number of hydrogen-bond acceptors (Lipinski definition) is 5.